The van der Waals surface area contributed by atoms with Crippen LogP contribution >= 0.6 is 0 Å². The van der Waals surface area contributed by atoms with Crippen LogP contribution in [0.4, 0.5) is 0 Å². The summed E-state index contributed by atoms with van der Waals surface area (Å²) in [6.45, 7) is 5.69. The fourth-order valence-corrected chi connectivity index (χ4v) is 4.41. The van der Waals surface area contributed by atoms with Crippen LogP contribution in [0.15, 0.2) is 110 Å². The zero-order valence-corrected chi connectivity index (χ0v) is 20.0. The molecule has 5 rings (SSSR count). The van der Waals surface area contributed by atoms with Crippen molar-refractivity contribution >= 4 is 29.7 Å². The van der Waals surface area contributed by atoms with Gasteiger partial charge < -0.3 is 10.6 Å². The van der Waals surface area contributed by atoms with E-state index in [4.69, 9.17) is 0 Å². The summed E-state index contributed by atoms with van der Waals surface area (Å²) in [4.78, 5) is 31.1. The summed E-state index contributed by atoms with van der Waals surface area (Å²) in [5.74, 6) is 1.07. The highest BCUT2D eigenvalue weighted by molar-refractivity contribution is 6.09. The van der Waals surface area contributed by atoms with E-state index in [0.29, 0.717) is 22.7 Å². The van der Waals surface area contributed by atoms with E-state index in [-0.39, 0.29) is 11.6 Å². The third kappa shape index (κ3) is 4.09. The van der Waals surface area contributed by atoms with Crippen LogP contribution in [-0.2, 0) is 0 Å². The van der Waals surface area contributed by atoms with Gasteiger partial charge in [-0.15, -0.1) is 0 Å². The molecule has 0 saturated carbocycles. The van der Waals surface area contributed by atoms with Crippen LogP contribution in [0.25, 0.3) is 27.6 Å². The Morgan fingerprint density at radius 2 is 1.94 bits per heavy atom. The second kappa shape index (κ2) is 9.79. The lowest BCUT2D eigenvalue weighted by atomic mass is 9.99. The molecule has 0 spiro atoms. The molecule has 178 valence electrons. The van der Waals surface area contributed by atoms with Gasteiger partial charge in [0, 0.05) is 36.4 Å². The van der Waals surface area contributed by atoms with Gasteiger partial charge in [0.05, 0.1) is 17.8 Å². The van der Waals surface area contributed by atoms with Crippen molar-refractivity contribution < 1.29 is 0 Å². The SMILES string of the molecule is C=N/C(N[C@H](C)c1cc2cccc(-c3cccnc3)c2c(=O)n1-c1ccccc1)=C1/N=CN/C1=N/C. The van der Waals surface area contributed by atoms with E-state index in [1.165, 1.54) is 0 Å². The number of pyridine rings is 2. The predicted octanol–water partition coefficient (Wildman–Crippen LogP) is 4.23. The van der Waals surface area contributed by atoms with E-state index in [2.05, 4.69) is 37.3 Å². The Bertz CT molecular complexity index is 1590. The third-order valence-electron chi connectivity index (χ3n) is 6.08. The number of benzene rings is 2. The Morgan fingerprint density at radius 1 is 1.11 bits per heavy atom. The Labute approximate surface area is 208 Å². The molecule has 0 unspecified atom stereocenters. The number of aliphatic imine (C=N–C) groups is 3. The molecule has 36 heavy (non-hydrogen) atoms. The minimum Gasteiger partial charge on any atom is -0.360 e. The number of amidine groups is 1. The van der Waals surface area contributed by atoms with Crippen LogP contribution in [0.3, 0.4) is 0 Å². The Morgan fingerprint density at radius 3 is 2.67 bits per heavy atom. The maximum atomic E-state index is 14.2. The number of hydrogen-bond donors (Lipinski definition) is 2. The summed E-state index contributed by atoms with van der Waals surface area (Å²) in [6.07, 6.45) is 5.06. The fourth-order valence-electron chi connectivity index (χ4n) is 4.41. The van der Waals surface area contributed by atoms with Crippen molar-refractivity contribution in [1.82, 2.24) is 20.2 Å². The van der Waals surface area contributed by atoms with E-state index in [9.17, 15) is 4.79 Å². The lowest BCUT2D eigenvalue weighted by Gasteiger charge is -2.22. The standard InChI is InChI=1S/C28H25N7O/c1-18(34-27(30-3)25-26(29-2)33-17-32-25)23-15-19-9-7-13-22(20-10-8-14-31-16-20)24(19)28(36)35(23)21-11-5-4-6-12-21/h4-18,34H,3H2,1-2H3,(H,29,32,33)/b27-25-/t18-/m1/s1. The van der Waals surface area contributed by atoms with Crippen LogP contribution in [0.2, 0.25) is 0 Å². The van der Waals surface area contributed by atoms with Gasteiger partial charge in [0.1, 0.15) is 5.70 Å². The summed E-state index contributed by atoms with van der Waals surface area (Å²) < 4.78 is 1.75. The first kappa shape index (κ1) is 22.9. The van der Waals surface area contributed by atoms with E-state index in [0.717, 1.165) is 27.9 Å². The van der Waals surface area contributed by atoms with Gasteiger partial charge in [0.2, 0.25) is 0 Å². The topological polar surface area (TPSA) is 96.0 Å². The van der Waals surface area contributed by atoms with Crippen LogP contribution in [0.1, 0.15) is 18.7 Å². The molecule has 1 aliphatic rings. The number of rotatable bonds is 6. The molecule has 0 radical (unpaired) electrons. The molecule has 0 aliphatic carbocycles. The summed E-state index contributed by atoms with van der Waals surface area (Å²) in [5, 5.41) is 7.85. The average Bonchev–Trinajstić information content (AvgIpc) is 3.41. The smallest absolute Gasteiger partial charge is 0.263 e. The number of nitrogens with one attached hydrogen (secondary N) is 2. The van der Waals surface area contributed by atoms with Crippen molar-refractivity contribution in [1.29, 1.82) is 0 Å². The molecule has 0 bridgehead atoms. The zero-order chi connectivity index (χ0) is 25.1. The molecule has 4 aromatic rings. The molecule has 1 aliphatic heterocycles. The molecule has 2 N–H and O–H groups in total. The zero-order valence-electron chi connectivity index (χ0n) is 20.0. The first-order valence-corrected chi connectivity index (χ1v) is 11.5. The summed E-state index contributed by atoms with van der Waals surface area (Å²) in [7, 11) is 1.68. The molecular formula is C28H25N7O. The quantitative estimate of drug-likeness (QED) is 0.408. The van der Waals surface area contributed by atoms with Crippen molar-refractivity contribution in [2.75, 3.05) is 7.05 Å². The van der Waals surface area contributed by atoms with Crippen molar-refractivity contribution in [2.45, 2.75) is 13.0 Å². The molecule has 8 nitrogen and oxygen atoms in total. The molecule has 2 aromatic heterocycles. The lowest BCUT2D eigenvalue weighted by Crippen LogP contribution is -2.29. The molecule has 0 amide bonds. The van der Waals surface area contributed by atoms with Gasteiger partial charge in [-0.25, -0.2) is 9.98 Å². The fraction of sp³-hybridized carbons (Fsp3) is 0.107. The highest BCUT2D eigenvalue weighted by Crippen LogP contribution is 2.29. The summed E-state index contributed by atoms with van der Waals surface area (Å²) in [5.41, 5.74) is 3.72. The van der Waals surface area contributed by atoms with Crippen molar-refractivity contribution in [3.63, 3.8) is 0 Å². The maximum absolute atomic E-state index is 14.2. The number of para-hydroxylation sites is 1. The van der Waals surface area contributed by atoms with Crippen molar-refractivity contribution in [3.05, 3.63) is 107 Å². The predicted molar refractivity (Wildman–Crippen MR) is 146 cm³/mol. The number of aromatic nitrogens is 2. The lowest BCUT2D eigenvalue weighted by molar-refractivity contribution is 0.608. The van der Waals surface area contributed by atoms with Crippen molar-refractivity contribution in [3.8, 4) is 16.8 Å². The van der Waals surface area contributed by atoms with E-state index < -0.39 is 0 Å². The summed E-state index contributed by atoms with van der Waals surface area (Å²) >= 11 is 0. The number of hydrogen-bond acceptors (Lipinski definition) is 6. The molecule has 3 heterocycles. The normalized spacial score (nSPS) is 16.1. The third-order valence-corrected chi connectivity index (χ3v) is 6.08. The minimum absolute atomic E-state index is 0.112. The van der Waals surface area contributed by atoms with Gasteiger partial charge in [-0.05, 0) is 48.9 Å². The molecular weight excluding hydrogens is 450 g/mol. The Hall–Kier alpha value is -4.85. The van der Waals surface area contributed by atoms with E-state index >= 15 is 0 Å². The molecule has 0 fully saturated rings. The first-order valence-electron chi connectivity index (χ1n) is 11.5. The van der Waals surface area contributed by atoms with Crippen LogP contribution in [0.5, 0.6) is 0 Å². The largest absolute Gasteiger partial charge is 0.360 e. The first-order chi connectivity index (χ1) is 17.6. The van der Waals surface area contributed by atoms with Gasteiger partial charge in [0.25, 0.3) is 5.56 Å². The van der Waals surface area contributed by atoms with Gasteiger partial charge in [0.15, 0.2) is 11.7 Å². The Balaban J connectivity index is 1.73. The summed E-state index contributed by atoms with van der Waals surface area (Å²) in [6, 6.07) is 21.0. The molecule has 0 saturated heterocycles. The van der Waals surface area contributed by atoms with Gasteiger partial charge in [-0.2, -0.15) is 0 Å². The van der Waals surface area contributed by atoms with E-state index in [1.54, 1.807) is 30.3 Å². The van der Waals surface area contributed by atoms with Crippen LogP contribution in [-0.4, -0.2) is 35.5 Å². The van der Waals surface area contributed by atoms with Gasteiger partial charge in [-0.3, -0.25) is 19.3 Å². The van der Waals surface area contributed by atoms with E-state index in [1.807, 2.05) is 73.7 Å². The highest BCUT2D eigenvalue weighted by atomic mass is 16.1. The molecule has 8 heteroatoms. The average molecular weight is 476 g/mol. The number of nitrogens with zero attached hydrogens (tertiary/aromatic N) is 5. The van der Waals surface area contributed by atoms with Gasteiger partial charge >= 0.3 is 0 Å². The highest BCUT2D eigenvalue weighted by Gasteiger charge is 2.22. The molecule has 1 atom stereocenters. The second-order valence-corrected chi connectivity index (χ2v) is 8.25. The second-order valence-electron chi connectivity index (χ2n) is 8.25. The minimum atomic E-state index is -0.314. The van der Waals surface area contributed by atoms with Crippen molar-refractivity contribution in [2.24, 2.45) is 15.0 Å². The monoisotopic (exact) mass is 475 g/mol. The Kier molecular flexibility index (Phi) is 6.23. The van der Waals surface area contributed by atoms with Crippen LogP contribution in [0, 0.1) is 0 Å². The van der Waals surface area contributed by atoms with Gasteiger partial charge in [-0.1, -0.05) is 42.5 Å². The van der Waals surface area contributed by atoms with Crippen LogP contribution < -0.4 is 16.2 Å². The maximum Gasteiger partial charge on any atom is 0.263 e. The number of fused-ring (bicyclic) bond motifs is 1. The molecule has 2 aromatic carbocycles.